The van der Waals surface area contributed by atoms with Crippen LogP contribution >= 0.6 is 0 Å². The molecule has 1 N–H and O–H groups in total. The van der Waals surface area contributed by atoms with Crippen LogP contribution in [-0.2, 0) is 0 Å². The van der Waals surface area contributed by atoms with Crippen molar-refractivity contribution in [2.75, 3.05) is 20.1 Å². The highest BCUT2D eigenvalue weighted by molar-refractivity contribution is 5.94. The highest BCUT2D eigenvalue weighted by atomic mass is 16.5. The molecule has 1 aliphatic rings. The van der Waals surface area contributed by atoms with Gasteiger partial charge in [0.2, 0.25) is 5.88 Å². The minimum absolute atomic E-state index is 0.0312. The number of ether oxygens (including phenoxy) is 1. The van der Waals surface area contributed by atoms with Gasteiger partial charge in [0.15, 0.2) is 0 Å². The van der Waals surface area contributed by atoms with Gasteiger partial charge in [0.25, 0.3) is 5.91 Å². The molecular formula is C18H21N3O2. The molecule has 1 aliphatic heterocycles. The second kappa shape index (κ2) is 7.24. The minimum atomic E-state index is 0.0312. The fourth-order valence-corrected chi connectivity index (χ4v) is 2.76. The molecule has 2 heterocycles. The Balaban J connectivity index is 1.65. The molecule has 120 valence electrons. The molecule has 1 unspecified atom stereocenters. The van der Waals surface area contributed by atoms with Crippen LogP contribution < -0.4 is 10.1 Å². The molecule has 1 aromatic carbocycles. The van der Waals surface area contributed by atoms with E-state index < -0.39 is 0 Å². The van der Waals surface area contributed by atoms with Crippen molar-refractivity contribution in [1.82, 2.24) is 15.2 Å². The van der Waals surface area contributed by atoms with Gasteiger partial charge in [-0.1, -0.05) is 18.2 Å². The average Bonchev–Trinajstić information content (AvgIpc) is 2.63. The van der Waals surface area contributed by atoms with Crippen molar-refractivity contribution in [2.45, 2.75) is 18.9 Å². The molecule has 0 spiro atoms. The Morgan fingerprint density at radius 2 is 2.09 bits per heavy atom. The minimum Gasteiger partial charge on any atom is -0.439 e. The number of pyridine rings is 1. The molecule has 1 atom stereocenters. The third kappa shape index (κ3) is 3.87. The maximum atomic E-state index is 12.5. The maximum absolute atomic E-state index is 12.5. The summed E-state index contributed by atoms with van der Waals surface area (Å²) in [7, 11) is 1.94. The van der Waals surface area contributed by atoms with E-state index in [0.717, 1.165) is 31.7 Å². The molecular weight excluding hydrogens is 290 g/mol. The number of nitrogens with zero attached hydrogens (tertiary/aromatic N) is 2. The predicted molar refractivity (Wildman–Crippen MR) is 88.7 cm³/mol. The van der Waals surface area contributed by atoms with E-state index in [-0.39, 0.29) is 5.91 Å². The summed E-state index contributed by atoms with van der Waals surface area (Å²) >= 11 is 0. The Hall–Kier alpha value is -2.40. The molecule has 5 heteroatoms. The number of piperidine rings is 1. The van der Waals surface area contributed by atoms with Crippen molar-refractivity contribution < 1.29 is 9.53 Å². The fraction of sp³-hybridized carbons (Fsp3) is 0.333. The van der Waals surface area contributed by atoms with Crippen molar-refractivity contribution in [3.63, 3.8) is 0 Å². The zero-order valence-electron chi connectivity index (χ0n) is 13.2. The van der Waals surface area contributed by atoms with E-state index in [2.05, 4.69) is 10.3 Å². The lowest BCUT2D eigenvalue weighted by molar-refractivity contribution is 0.0697. The number of rotatable bonds is 4. The van der Waals surface area contributed by atoms with Crippen molar-refractivity contribution in [2.24, 2.45) is 0 Å². The molecule has 1 amide bonds. The van der Waals surface area contributed by atoms with Gasteiger partial charge in [0.05, 0.1) is 5.56 Å². The van der Waals surface area contributed by atoms with Gasteiger partial charge in [-0.05, 0) is 38.1 Å². The second-order valence-corrected chi connectivity index (χ2v) is 5.68. The Kier molecular flexibility index (Phi) is 4.88. The first kappa shape index (κ1) is 15.5. The Bertz CT molecular complexity index is 643. The molecule has 1 saturated heterocycles. The molecule has 1 fully saturated rings. The monoisotopic (exact) mass is 311 g/mol. The molecule has 0 saturated carbocycles. The molecule has 23 heavy (non-hydrogen) atoms. The molecule has 5 nitrogen and oxygen atoms in total. The number of aromatic nitrogens is 1. The topological polar surface area (TPSA) is 54.5 Å². The van der Waals surface area contributed by atoms with Gasteiger partial charge in [-0.25, -0.2) is 4.98 Å². The molecule has 0 radical (unpaired) electrons. The summed E-state index contributed by atoms with van der Waals surface area (Å²) in [5.74, 6) is 1.25. The van der Waals surface area contributed by atoms with Crippen LogP contribution in [-0.4, -0.2) is 42.0 Å². The van der Waals surface area contributed by atoms with Crippen molar-refractivity contribution in [3.05, 3.63) is 54.2 Å². The zero-order valence-corrected chi connectivity index (χ0v) is 13.2. The van der Waals surface area contributed by atoms with E-state index >= 15 is 0 Å². The number of para-hydroxylation sites is 1. The standard InChI is InChI=1S/C18H21N3O2/c1-19-15-6-5-11-21(13-15)18(22)14-9-10-17(20-12-14)23-16-7-3-2-4-8-16/h2-4,7-10,12,15,19H,5-6,11,13H2,1H3. The van der Waals surface area contributed by atoms with Gasteiger partial charge in [0.1, 0.15) is 5.75 Å². The number of hydrogen-bond donors (Lipinski definition) is 1. The van der Waals surface area contributed by atoms with Gasteiger partial charge >= 0.3 is 0 Å². The fourth-order valence-electron chi connectivity index (χ4n) is 2.76. The molecule has 0 aliphatic carbocycles. The quantitative estimate of drug-likeness (QED) is 0.943. The first-order chi connectivity index (χ1) is 11.3. The van der Waals surface area contributed by atoms with Gasteiger partial charge < -0.3 is 15.0 Å². The van der Waals surface area contributed by atoms with E-state index in [9.17, 15) is 4.79 Å². The highest BCUT2D eigenvalue weighted by Gasteiger charge is 2.23. The van der Waals surface area contributed by atoms with E-state index in [1.807, 2.05) is 42.3 Å². The van der Waals surface area contributed by atoms with Crippen molar-refractivity contribution in [1.29, 1.82) is 0 Å². The Morgan fingerprint density at radius 3 is 2.78 bits per heavy atom. The van der Waals surface area contributed by atoms with Gasteiger partial charge in [-0.3, -0.25) is 4.79 Å². The lowest BCUT2D eigenvalue weighted by Crippen LogP contribution is -2.46. The number of nitrogens with one attached hydrogen (secondary N) is 1. The number of likely N-dealkylation sites (tertiary alicyclic amines) is 1. The maximum Gasteiger partial charge on any atom is 0.255 e. The van der Waals surface area contributed by atoms with Crippen LogP contribution in [0.2, 0.25) is 0 Å². The summed E-state index contributed by atoms with van der Waals surface area (Å²) in [4.78, 5) is 18.7. The van der Waals surface area contributed by atoms with Gasteiger partial charge in [-0.2, -0.15) is 0 Å². The molecule has 1 aromatic heterocycles. The van der Waals surface area contributed by atoms with E-state index in [4.69, 9.17) is 4.74 Å². The van der Waals surface area contributed by atoms with Crippen LogP contribution in [0.4, 0.5) is 0 Å². The molecule has 3 rings (SSSR count). The highest BCUT2D eigenvalue weighted by Crippen LogP contribution is 2.19. The lowest BCUT2D eigenvalue weighted by Gasteiger charge is -2.32. The Morgan fingerprint density at radius 1 is 1.26 bits per heavy atom. The smallest absolute Gasteiger partial charge is 0.255 e. The number of amides is 1. The first-order valence-electron chi connectivity index (χ1n) is 7.92. The van der Waals surface area contributed by atoms with Crippen LogP contribution in [0.3, 0.4) is 0 Å². The Labute approximate surface area is 136 Å². The second-order valence-electron chi connectivity index (χ2n) is 5.68. The largest absolute Gasteiger partial charge is 0.439 e. The summed E-state index contributed by atoms with van der Waals surface area (Å²) in [5, 5.41) is 3.25. The SMILES string of the molecule is CNC1CCCN(C(=O)c2ccc(Oc3ccccc3)nc2)C1. The summed E-state index contributed by atoms with van der Waals surface area (Å²) in [6.45, 7) is 1.55. The molecule has 0 bridgehead atoms. The van der Waals surface area contributed by atoms with Crippen LogP contribution in [0, 0.1) is 0 Å². The lowest BCUT2D eigenvalue weighted by atomic mass is 10.1. The summed E-state index contributed by atoms with van der Waals surface area (Å²) in [6, 6.07) is 13.4. The van der Waals surface area contributed by atoms with Gasteiger partial charge in [-0.15, -0.1) is 0 Å². The van der Waals surface area contributed by atoms with Crippen LogP contribution in [0.25, 0.3) is 0 Å². The van der Waals surface area contributed by atoms with E-state index in [1.165, 1.54) is 0 Å². The number of hydrogen-bond acceptors (Lipinski definition) is 4. The summed E-state index contributed by atoms with van der Waals surface area (Å²) in [6.07, 6.45) is 3.73. The summed E-state index contributed by atoms with van der Waals surface area (Å²) in [5.41, 5.74) is 0.599. The number of benzene rings is 1. The van der Waals surface area contributed by atoms with E-state index in [0.29, 0.717) is 17.5 Å². The third-order valence-electron chi connectivity index (χ3n) is 4.07. The average molecular weight is 311 g/mol. The normalized spacial score (nSPS) is 17.8. The zero-order chi connectivity index (χ0) is 16.1. The molecule has 2 aromatic rings. The van der Waals surface area contributed by atoms with Gasteiger partial charge in [0, 0.05) is 31.4 Å². The van der Waals surface area contributed by atoms with Crippen LogP contribution in [0.15, 0.2) is 48.7 Å². The number of likely N-dealkylation sites (N-methyl/N-ethyl adjacent to an activating group) is 1. The number of carbonyl (C=O) groups excluding carboxylic acids is 1. The van der Waals surface area contributed by atoms with Crippen molar-refractivity contribution in [3.8, 4) is 11.6 Å². The predicted octanol–water partition coefficient (Wildman–Crippen LogP) is 2.70. The summed E-state index contributed by atoms with van der Waals surface area (Å²) < 4.78 is 5.65. The van der Waals surface area contributed by atoms with Crippen molar-refractivity contribution >= 4 is 5.91 Å². The number of carbonyl (C=O) groups is 1. The third-order valence-corrected chi connectivity index (χ3v) is 4.07. The van der Waals surface area contributed by atoms with Crippen LogP contribution in [0.5, 0.6) is 11.6 Å². The first-order valence-corrected chi connectivity index (χ1v) is 7.92. The van der Waals surface area contributed by atoms with Crippen LogP contribution in [0.1, 0.15) is 23.2 Å². The van der Waals surface area contributed by atoms with E-state index in [1.54, 1.807) is 18.3 Å².